The molecule has 0 fully saturated rings. The van der Waals surface area contributed by atoms with Crippen LogP contribution in [0.5, 0.6) is 0 Å². The van der Waals surface area contributed by atoms with Crippen LogP contribution in [0.4, 0.5) is 13.2 Å². The Morgan fingerprint density at radius 2 is 2.11 bits per heavy atom. The molecule has 0 bridgehead atoms. The van der Waals surface area contributed by atoms with Gasteiger partial charge in [-0.2, -0.15) is 0 Å². The first-order valence-corrected chi connectivity index (χ1v) is 5.20. The van der Waals surface area contributed by atoms with E-state index in [2.05, 4.69) is 9.72 Å². The zero-order chi connectivity index (χ0) is 13.4. The highest BCUT2D eigenvalue weighted by molar-refractivity contribution is 6.31. The van der Waals surface area contributed by atoms with E-state index in [0.29, 0.717) is 0 Å². The summed E-state index contributed by atoms with van der Waals surface area (Å²) in [6.45, 7) is 0. The summed E-state index contributed by atoms with van der Waals surface area (Å²) >= 11 is 5.52. The minimum atomic E-state index is -2.83. The fourth-order valence-electron chi connectivity index (χ4n) is 1.65. The van der Waals surface area contributed by atoms with Gasteiger partial charge in [0.1, 0.15) is 5.69 Å². The van der Waals surface area contributed by atoms with Crippen LogP contribution in [-0.2, 0) is 4.74 Å². The van der Waals surface area contributed by atoms with Gasteiger partial charge in [0.2, 0.25) is 0 Å². The van der Waals surface area contributed by atoms with Gasteiger partial charge in [0.05, 0.1) is 17.6 Å². The number of methoxy groups -OCH3 is 1. The van der Waals surface area contributed by atoms with Crippen molar-refractivity contribution in [3.05, 3.63) is 34.2 Å². The third kappa shape index (κ3) is 1.92. The van der Waals surface area contributed by atoms with E-state index in [-0.39, 0.29) is 16.6 Å². The minimum absolute atomic E-state index is 0.0905. The van der Waals surface area contributed by atoms with Gasteiger partial charge in [-0.25, -0.2) is 18.0 Å². The second-order valence-corrected chi connectivity index (χ2v) is 3.93. The number of alkyl halides is 2. The first kappa shape index (κ1) is 12.8. The van der Waals surface area contributed by atoms with E-state index in [0.717, 1.165) is 19.2 Å². The number of carbonyl (C=O) groups is 1. The SMILES string of the molecule is COC(=O)c1cc2c(C(F)F)cc(Cl)c(F)c2[nH]1. The topological polar surface area (TPSA) is 42.1 Å². The van der Waals surface area contributed by atoms with Crippen molar-refractivity contribution < 1.29 is 22.7 Å². The molecule has 1 aromatic carbocycles. The van der Waals surface area contributed by atoms with Crippen LogP contribution in [0.15, 0.2) is 12.1 Å². The Kier molecular flexibility index (Phi) is 3.21. The Morgan fingerprint density at radius 3 is 2.67 bits per heavy atom. The maximum Gasteiger partial charge on any atom is 0.354 e. The maximum atomic E-state index is 13.7. The van der Waals surface area contributed by atoms with Crippen LogP contribution in [-0.4, -0.2) is 18.1 Å². The van der Waals surface area contributed by atoms with E-state index in [1.54, 1.807) is 0 Å². The highest BCUT2D eigenvalue weighted by Crippen LogP contribution is 2.34. The van der Waals surface area contributed by atoms with E-state index in [1.807, 2.05) is 0 Å². The molecule has 1 aromatic heterocycles. The van der Waals surface area contributed by atoms with Crippen molar-refractivity contribution in [3.63, 3.8) is 0 Å². The molecular formula is C11H7ClF3NO2. The first-order chi connectivity index (χ1) is 8.45. The summed E-state index contributed by atoms with van der Waals surface area (Å²) in [7, 11) is 1.13. The van der Waals surface area contributed by atoms with Crippen molar-refractivity contribution in [1.82, 2.24) is 4.98 Å². The van der Waals surface area contributed by atoms with E-state index in [4.69, 9.17) is 11.6 Å². The van der Waals surface area contributed by atoms with Gasteiger partial charge in [-0.1, -0.05) is 11.6 Å². The van der Waals surface area contributed by atoms with Gasteiger partial charge in [0.25, 0.3) is 6.43 Å². The van der Waals surface area contributed by atoms with Crippen LogP contribution in [0, 0.1) is 5.82 Å². The van der Waals surface area contributed by atoms with Gasteiger partial charge >= 0.3 is 5.97 Å². The van der Waals surface area contributed by atoms with Gasteiger partial charge in [0.15, 0.2) is 5.82 Å². The number of hydrogen-bond acceptors (Lipinski definition) is 2. The quantitative estimate of drug-likeness (QED) is 0.851. The number of aromatic nitrogens is 1. The van der Waals surface area contributed by atoms with Crippen molar-refractivity contribution >= 4 is 28.5 Å². The Balaban J connectivity index is 2.77. The summed E-state index contributed by atoms with van der Waals surface area (Å²) in [5.74, 6) is -1.66. The number of nitrogens with one attached hydrogen (secondary N) is 1. The molecular weight excluding hydrogens is 271 g/mol. The van der Waals surface area contributed by atoms with E-state index in [1.165, 1.54) is 0 Å². The Morgan fingerprint density at radius 1 is 1.44 bits per heavy atom. The summed E-state index contributed by atoms with van der Waals surface area (Å²) in [6, 6.07) is 1.96. The molecule has 1 N–H and O–H groups in total. The molecule has 0 aliphatic rings. The summed E-state index contributed by atoms with van der Waals surface area (Å²) in [4.78, 5) is 13.6. The van der Waals surface area contributed by atoms with Crippen LogP contribution in [0.1, 0.15) is 22.5 Å². The summed E-state index contributed by atoms with van der Waals surface area (Å²) in [5, 5.41) is -0.525. The Labute approximate surface area is 104 Å². The number of halogens is 4. The lowest BCUT2D eigenvalue weighted by atomic mass is 10.1. The predicted molar refractivity (Wildman–Crippen MR) is 59.6 cm³/mol. The van der Waals surface area contributed by atoms with E-state index >= 15 is 0 Å². The van der Waals surface area contributed by atoms with E-state index in [9.17, 15) is 18.0 Å². The molecule has 2 rings (SSSR count). The number of fused-ring (bicyclic) bond motifs is 1. The molecule has 18 heavy (non-hydrogen) atoms. The molecule has 0 radical (unpaired) electrons. The molecule has 0 atom stereocenters. The molecule has 96 valence electrons. The molecule has 2 aromatic rings. The van der Waals surface area contributed by atoms with Crippen LogP contribution in [0.25, 0.3) is 10.9 Å². The van der Waals surface area contributed by atoms with Gasteiger partial charge in [0, 0.05) is 10.9 Å². The predicted octanol–water partition coefficient (Wildman–Crippen LogP) is 3.68. The number of carbonyl (C=O) groups excluding carboxylic acids is 1. The van der Waals surface area contributed by atoms with Gasteiger partial charge in [-0.3, -0.25) is 0 Å². The van der Waals surface area contributed by atoms with Gasteiger partial charge in [-0.15, -0.1) is 0 Å². The molecule has 0 saturated heterocycles. The molecule has 0 aliphatic carbocycles. The molecule has 0 unspecified atom stereocenters. The number of aromatic amines is 1. The lowest BCUT2D eigenvalue weighted by Crippen LogP contribution is -2.00. The molecule has 0 amide bonds. The fourth-order valence-corrected chi connectivity index (χ4v) is 1.86. The largest absolute Gasteiger partial charge is 0.464 e. The molecule has 0 saturated carbocycles. The molecule has 0 spiro atoms. The van der Waals surface area contributed by atoms with Gasteiger partial charge < -0.3 is 9.72 Å². The van der Waals surface area contributed by atoms with Crippen molar-refractivity contribution in [2.45, 2.75) is 6.43 Å². The summed E-state index contributed by atoms with van der Waals surface area (Å²) < 4.78 is 43.7. The lowest BCUT2D eigenvalue weighted by molar-refractivity contribution is 0.0595. The zero-order valence-corrected chi connectivity index (χ0v) is 9.82. The normalized spacial score (nSPS) is 11.2. The Hall–Kier alpha value is -1.69. The summed E-state index contributed by atoms with van der Waals surface area (Å²) in [5.41, 5.74) is -0.795. The van der Waals surface area contributed by atoms with Crippen molar-refractivity contribution in [1.29, 1.82) is 0 Å². The highest BCUT2D eigenvalue weighted by atomic mass is 35.5. The third-order valence-corrected chi connectivity index (χ3v) is 2.76. The van der Waals surface area contributed by atoms with Crippen LogP contribution in [0.3, 0.4) is 0 Å². The van der Waals surface area contributed by atoms with Crippen molar-refractivity contribution in [3.8, 4) is 0 Å². The third-order valence-electron chi connectivity index (χ3n) is 2.48. The molecule has 7 heteroatoms. The smallest absolute Gasteiger partial charge is 0.354 e. The van der Waals surface area contributed by atoms with E-state index < -0.39 is 28.8 Å². The fraction of sp³-hybridized carbons (Fsp3) is 0.182. The number of benzene rings is 1. The standard InChI is InChI=1S/C11H7ClF3NO2/c1-18-11(17)7-3-4-5(10(14)15)2-6(12)8(13)9(4)16-7/h2-3,10,16H,1H3. The monoisotopic (exact) mass is 277 g/mol. The number of ether oxygens (including phenoxy) is 1. The molecule has 1 heterocycles. The second-order valence-electron chi connectivity index (χ2n) is 3.53. The van der Waals surface area contributed by atoms with Crippen LogP contribution in [0.2, 0.25) is 5.02 Å². The molecule has 3 nitrogen and oxygen atoms in total. The molecule has 0 aliphatic heterocycles. The average molecular weight is 278 g/mol. The lowest BCUT2D eigenvalue weighted by Gasteiger charge is -2.04. The van der Waals surface area contributed by atoms with Crippen LogP contribution >= 0.6 is 11.6 Å². The average Bonchev–Trinajstić information content (AvgIpc) is 2.77. The first-order valence-electron chi connectivity index (χ1n) is 4.82. The second kappa shape index (κ2) is 4.53. The Bertz CT molecular complexity index is 624. The summed E-state index contributed by atoms with van der Waals surface area (Å²) in [6.07, 6.45) is -2.83. The minimum Gasteiger partial charge on any atom is -0.464 e. The van der Waals surface area contributed by atoms with Crippen LogP contribution < -0.4 is 0 Å². The number of hydrogen-bond donors (Lipinski definition) is 1. The number of H-pyrrole nitrogens is 1. The highest BCUT2D eigenvalue weighted by Gasteiger charge is 2.21. The zero-order valence-electron chi connectivity index (χ0n) is 9.06. The van der Waals surface area contributed by atoms with Gasteiger partial charge in [-0.05, 0) is 12.1 Å². The van der Waals surface area contributed by atoms with Crippen molar-refractivity contribution in [2.75, 3.05) is 7.11 Å². The maximum absolute atomic E-state index is 13.7. The van der Waals surface area contributed by atoms with Crippen molar-refractivity contribution in [2.24, 2.45) is 0 Å². The number of esters is 1. The number of rotatable bonds is 2.